The normalized spacial score (nSPS) is 12.7. The fourth-order valence-corrected chi connectivity index (χ4v) is 4.40. The quantitative estimate of drug-likeness (QED) is 0.488. The first-order chi connectivity index (χ1) is 14.8. The van der Waals surface area contributed by atoms with Gasteiger partial charge in [0.2, 0.25) is 5.91 Å². The Morgan fingerprint density at radius 3 is 1.94 bits per heavy atom. The number of nitrogens with one attached hydrogen (secondary N) is 1. The third kappa shape index (κ3) is 4.09. The molecule has 0 saturated heterocycles. The minimum absolute atomic E-state index is 0.0487. The van der Waals surface area contributed by atoms with Gasteiger partial charge in [0.1, 0.15) is 6.54 Å². The van der Waals surface area contributed by atoms with Gasteiger partial charge < -0.3 is 9.88 Å². The Morgan fingerprint density at radius 2 is 1.42 bits per heavy atom. The highest BCUT2D eigenvalue weighted by Crippen LogP contribution is 2.20. The minimum atomic E-state index is -3.27. The SMILES string of the molecule is C[C@@H](NC(=O)Cn1c2ccccc2c(=O)c2ccccc21)c1ccc(S(C)(=O)=O)cc1. The van der Waals surface area contributed by atoms with E-state index in [0.29, 0.717) is 21.8 Å². The van der Waals surface area contributed by atoms with Gasteiger partial charge in [-0.2, -0.15) is 0 Å². The molecule has 4 aromatic rings. The molecular weight excluding hydrogens is 412 g/mol. The van der Waals surface area contributed by atoms with Gasteiger partial charge in [-0.25, -0.2) is 8.42 Å². The monoisotopic (exact) mass is 434 g/mol. The molecule has 1 atom stereocenters. The molecule has 0 spiro atoms. The zero-order valence-electron chi connectivity index (χ0n) is 17.2. The first-order valence-corrected chi connectivity index (χ1v) is 11.7. The van der Waals surface area contributed by atoms with E-state index in [4.69, 9.17) is 0 Å². The summed E-state index contributed by atoms with van der Waals surface area (Å²) in [5.41, 5.74) is 2.15. The Labute approximate surface area is 180 Å². The number of carbonyl (C=O) groups excluding carboxylic acids is 1. The van der Waals surface area contributed by atoms with Crippen molar-refractivity contribution >= 4 is 37.6 Å². The summed E-state index contributed by atoms with van der Waals surface area (Å²) in [6, 6.07) is 20.7. The molecule has 158 valence electrons. The van der Waals surface area contributed by atoms with Gasteiger partial charge in [-0.15, -0.1) is 0 Å². The summed E-state index contributed by atoms with van der Waals surface area (Å²) < 4.78 is 25.1. The highest BCUT2D eigenvalue weighted by molar-refractivity contribution is 7.90. The van der Waals surface area contributed by atoms with Crippen LogP contribution in [0.4, 0.5) is 0 Å². The maximum atomic E-state index is 12.9. The van der Waals surface area contributed by atoms with Crippen LogP contribution in [0.25, 0.3) is 21.8 Å². The molecule has 1 N–H and O–H groups in total. The van der Waals surface area contributed by atoms with Gasteiger partial charge in [0.15, 0.2) is 15.3 Å². The maximum absolute atomic E-state index is 12.9. The predicted octanol–water partition coefficient (Wildman–Crippen LogP) is 3.44. The van der Waals surface area contributed by atoms with Crippen LogP contribution in [0.3, 0.4) is 0 Å². The molecule has 7 heteroatoms. The summed E-state index contributed by atoms with van der Waals surface area (Å²) in [7, 11) is -3.27. The summed E-state index contributed by atoms with van der Waals surface area (Å²) in [4.78, 5) is 26.0. The molecule has 31 heavy (non-hydrogen) atoms. The molecule has 0 aliphatic rings. The van der Waals surface area contributed by atoms with Gasteiger partial charge in [0.05, 0.1) is 22.0 Å². The van der Waals surface area contributed by atoms with Crippen LogP contribution in [-0.2, 0) is 21.2 Å². The van der Waals surface area contributed by atoms with Gasteiger partial charge in [0.25, 0.3) is 0 Å². The minimum Gasteiger partial charge on any atom is -0.348 e. The number of fused-ring (bicyclic) bond motifs is 2. The third-order valence-corrected chi connectivity index (χ3v) is 6.49. The van der Waals surface area contributed by atoms with Crippen LogP contribution in [0.5, 0.6) is 0 Å². The molecule has 0 unspecified atom stereocenters. The van der Waals surface area contributed by atoms with E-state index in [1.807, 2.05) is 47.9 Å². The number of hydrogen-bond acceptors (Lipinski definition) is 4. The van der Waals surface area contributed by atoms with Crippen molar-refractivity contribution in [3.05, 3.63) is 88.6 Å². The molecule has 4 rings (SSSR count). The number of para-hydroxylation sites is 2. The number of rotatable bonds is 5. The third-order valence-electron chi connectivity index (χ3n) is 5.37. The van der Waals surface area contributed by atoms with Crippen molar-refractivity contribution in [1.29, 1.82) is 0 Å². The van der Waals surface area contributed by atoms with Crippen LogP contribution in [0.2, 0.25) is 0 Å². The molecule has 6 nitrogen and oxygen atoms in total. The van der Waals surface area contributed by atoms with Crippen molar-refractivity contribution in [2.24, 2.45) is 0 Å². The van der Waals surface area contributed by atoms with E-state index in [1.165, 1.54) is 12.1 Å². The topological polar surface area (TPSA) is 85.2 Å². The molecule has 0 fully saturated rings. The smallest absolute Gasteiger partial charge is 0.240 e. The number of sulfone groups is 1. The largest absolute Gasteiger partial charge is 0.348 e. The zero-order chi connectivity index (χ0) is 22.2. The molecule has 0 saturated carbocycles. The number of amides is 1. The average molecular weight is 435 g/mol. The van der Waals surface area contributed by atoms with E-state index < -0.39 is 9.84 Å². The molecule has 0 aliphatic heterocycles. The zero-order valence-corrected chi connectivity index (χ0v) is 18.0. The van der Waals surface area contributed by atoms with Crippen LogP contribution in [-0.4, -0.2) is 25.1 Å². The van der Waals surface area contributed by atoms with Crippen molar-refractivity contribution in [3.8, 4) is 0 Å². The molecule has 1 aromatic heterocycles. The Bertz CT molecular complexity index is 1390. The highest BCUT2D eigenvalue weighted by atomic mass is 32.2. The van der Waals surface area contributed by atoms with Crippen molar-refractivity contribution in [2.45, 2.75) is 24.4 Å². The first-order valence-electron chi connectivity index (χ1n) is 9.85. The number of benzene rings is 3. The van der Waals surface area contributed by atoms with Crippen molar-refractivity contribution in [2.75, 3.05) is 6.26 Å². The van der Waals surface area contributed by atoms with Crippen molar-refractivity contribution in [3.63, 3.8) is 0 Å². The van der Waals surface area contributed by atoms with E-state index >= 15 is 0 Å². The van der Waals surface area contributed by atoms with Gasteiger partial charge >= 0.3 is 0 Å². The van der Waals surface area contributed by atoms with E-state index in [-0.39, 0.29) is 28.8 Å². The number of hydrogen-bond donors (Lipinski definition) is 1. The number of aromatic nitrogens is 1. The number of pyridine rings is 1. The van der Waals surface area contributed by atoms with Gasteiger partial charge in [-0.3, -0.25) is 9.59 Å². The van der Waals surface area contributed by atoms with Crippen LogP contribution in [0, 0.1) is 0 Å². The van der Waals surface area contributed by atoms with E-state index in [1.54, 1.807) is 24.3 Å². The van der Waals surface area contributed by atoms with Gasteiger partial charge in [-0.1, -0.05) is 36.4 Å². The molecule has 0 aliphatic carbocycles. The summed E-state index contributed by atoms with van der Waals surface area (Å²) in [6.07, 6.45) is 1.16. The lowest BCUT2D eigenvalue weighted by atomic mass is 10.1. The Morgan fingerprint density at radius 1 is 0.903 bits per heavy atom. The lowest BCUT2D eigenvalue weighted by molar-refractivity contribution is -0.122. The van der Waals surface area contributed by atoms with Crippen LogP contribution in [0.1, 0.15) is 18.5 Å². The van der Waals surface area contributed by atoms with Crippen molar-refractivity contribution in [1.82, 2.24) is 9.88 Å². The highest BCUT2D eigenvalue weighted by Gasteiger charge is 2.15. The van der Waals surface area contributed by atoms with Crippen LogP contribution < -0.4 is 10.7 Å². The Balaban J connectivity index is 1.64. The van der Waals surface area contributed by atoms with E-state index in [9.17, 15) is 18.0 Å². The Hall–Kier alpha value is -3.45. The van der Waals surface area contributed by atoms with E-state index in [2.05, 4.69) is 5.32 Å². The summed E-state index contributed by atoms with van der Waals surface area (Å²) in [5.74, 6) is -0.210. The summed E-state index contributed by atoms with van der Waals surface area (Å²) >= 11 is 0. The average Bonchev–Trinajstić information content (AvgIpc) is 2.76. The fourth-order valence-electron chi connectivity index (χ4n) is 3.76. The Kier molecular flexibility index (Phi) is 5.37. The lowest BCUT2D eigenvalue weighted by Crippen LogP contribution is -2.30. The first kappa shape index (κ1) is 20.8. The molecule has 3 aromatic carbocycles. The standard InChI is InChI=1S/C24H22N2O4S/c1-16(17-11-13-18(14-12-17)31(2,29)30)25-23(27)15-26-21-9-5-3-7-19(21)24(28)20-8-4-6-10-22(20)26/h3-14,16H,15H2,1-2H3,(H,25,27)/t16-/m1/s1. The maximum Gasteiger partial charge on any atom is 0.240 e. The molecule has 1 heterocycles. The fraction of sp³-hybridized carbons (Fsp3) is 0.167. The molecule has 0 bridgehead atoms. The van der Waals surface area contributed by atoms with Gasteiger partial charge in [0, 0.05) is 17.0 Å². The van der Waals surface area contributed by atoms with Crippen molar-refractivity contribution < 1.29 is 13.2 Å². The van der Waals surface area contributed by atoms with Crippen LogP contribution in [0.15, 0.2) is 82.5 Å². The molecular formula is C24H22N2O4S. The van der Waals surface area contributed by atoms with E-state index in [0.717, 1.165) is 11.8 Å². The summed E-state index contributed by atoms with van der Waals surface area (Å²) in [5, 5.41) is 4.10. The second-order valence-electron chi connectivity index (χ2n) is 7.58. The number of carbonyl (C=O) groups is 1. The molecule has 1 amide bonds. The van der Waals surface area contributed by atoms with Gasteiger partial charge in [-0.05, 0) is 48.9 Å². The second kappa shape index (κ2) is 8.00. The van der Waals surface area contributed by atoms with Crippen LogP contribution >= 0.6 is 0 Å². The number of nitrogens with zero attached hydrogens (tertiary/aromatic N) is 1. The lowest BCUT2D eigenvalue weighted by Gasteiger charge is -2.18. The second-order valence-corrected chi connectivity index (χ2v) is 9.60. The summed E-state index contributed by atoms with van der Waals surface area (Å²) in [6.45, 7) is 1.89. The predicted molar refractivity (Wildman–Crippen MR) is 122 cm³/mol. The molecule has 0 radical (unpaired) electrons.